The van der Waals surface area contributed by atoms with Crippen LogP contribution in [0.25, 0.3) is 0 Å². The molecule has 1 aliphatic carbocycles. The number of carbonyl (C=O) groups is 2. The minimum Gasteiger partial charge on any atom is -0.343 e. The number of carbonyl (C=O) groups excluding carboxylic acids is 2. The quantitative estimate of drug-likeness (QED) is 0.308. The third-order valence-corrected chi connectivity index (χ3v) is 6.00. The summed E-state index contributed by atoms with van der Waals surface area (Å²) in [7, 11) is 0. The molecule has 0 saturated heterocycles. The molecule has 2 unspecified atom stereocenters. The van der Waals surface area contributed by atoms with Crippen LogP contribution in [0.15, 0.2) is 30.3 Å². The Morgan fingerprint density at radius 1 is 1.06 bits per heavy atom. The van der Waals surface area contributed by atoms with E-state index in [4.69, 9.17) is 34.8 Å². The summed E-state index contributed by atoms with van der Waals surface area (Å²) >= 11 is 18.2. The second-order valence-corrected chi connectivity index (χ2v) is 8.70. The van der Waals surface area contributed by atoms with Crippen molar-refractivity contribution in [2.75, 3.05) is 11.9 Å². The SMILES string of the molecule is O=C(NCC(F)(F)F)c1cccc(NC(=O)C2C(c3cc(F)c(F)c(F)c3)C2(Cl)Cl)c1Cl. The van der Waals surface area contributed by atoms with Gasteiger partial charge in [0.2, 0.25) is 5.91 Å². The third kappa shape index (κ3) is 4.92. The molecule has 0 aromatic heterocycles. The zero-order chi connectivity index (χ0) is 24.0. The molecule has 1 aliphatic rings. The topological polar surface area (TPSA) is 58.2 Å². The van der Waals surface area contributed by atoms with Crippen LogP contribution in [-0.4, -0.2) is 28.9 Å². The van der Waals surface area contributed by atoms with Crippen LogP contribution in [0.3, 0.4) is 0 Å². The van der Waals surface area contributed by atoms with Crippen molar-refractivity contribution in [3.05, 3.63) is 63.9 Å². The molecule has 32 heavy (non-hydrogen) atoms. The van der Waals surface area contributed by atoms with Crippen molar-refractivity contribution in [2.45, 2.75) is 16.4 Å². The molecule has 0 radical (unpaired) electrons. The molecule has 2 atom stereocenters. The second-order valence-electron chi connectivity index (χ2n) is 6.88. The Morgan fingerprint density at radius 3 is 2.22 bits per heavy atom. The van der Waals surface area contributed by atoms with Crippen LogP contribution in [0.1, 0.15) is 21.8 Å². The summed E-state index contributed by atoms with van der Waals surface area (Å²) in [6.45, 7) is -1.59. The van der Waals surface area contributed by atoms with Crippen LogP contribution >= 0.6 is 34.8 Å². The van der Waals surface area contributed by atoms with Crippen LogP contribution in [0.5, 0.6) is 0 Å². The Kier molecular flexibility index (Phi) is 6.61. The molecule has 0 aliphatic heterocycles. The minimum atomic E-state index is -4.64. The zero-order valence-corrected chi connectivity index (χ0v) is 17.7. The smallest absolute Gasteiger partial charge is 0.343 e. The van der Waals surface area contributed by atoms with Gasteiger partial charge in [0.15, 0.2) is 17.5 Å². The van der Waals surface area contributed by atoms with Gasteiger partial charge in [0.1, 0.15) is 10.9 Å². The molecule has 2 aromatic carbocycles. The van der Waals surface area contributed by atoms with Gasteiger partial charge in [0.05, 0.1) is 22.2 Å². The van der Waals surface area contributed by atoms with Gasteiger partial charge in [-0.3, -0.25) is 9.59 Å². The number of amides is 2. The summed E-state index contributed by atoms with van der Waals surface area (Å²) in [4.78, 5) is 24.6. The predicted molar refractivity (Wildman–Crippen MR) is 105 cm³/mol. The van der Waals surface area contributed by atoms with Crippen LogP contribution < -0.4 is 10.6 Å². The number of benzene rings is 2. The van der Waals surface area contributed by atoms with E-state index in [1.54, 1.807) is 5.32 Å². The first-order chi connectivity index (χ1) is 14.7. The van der Waals surface area contributed by atoms with Crippen molar-refractivity contribution < 1.29 is 35.9 Å². The predicted octanol–water partition coefficient (Wildman–Crippen LogP) is 5.58. The molecular weight excluding hydrogens is 509 g/mol. The molecule has 0 bridgehead atoms. The van der Waals surface area contributed by atoms with E-state index in [1.165, 1.54) is 12.1 Å². The lowest BCUT2D eigenvalue weighted by Crippen LogP contribution is -2.34. The molecule has 2 N–H and O–H groups in total. The highest BCUT2D eigenvalue weighted by Crippen LogP contribution is 2.65. The zero-order valence-electron chi connectivity index (χ0n) is 15.5. The van der Waals surface area contributed by atoms with Crippen molar-refractivity contribution >= 4 is 52.3 Å². The Balaban J connectivity index is 1.78. The van der Waals surface area contributed by atoms with Crippen molar-refractivity contribution in [3.63, 3.8) is 0 Å². The maximum atomic E-state index is 13.5. The lowest BCUT2D eigenvalue weighted by atomic mass is 10.1. The van der Waals surface area contributed by atoms with Gasteiger partial charge in [-0.15, -0.1) is 23.2 Å². The van der Waals surface area contributed by atoms with Crippen LogP contribution in [0.4, 0.5) is 32.0 Å². The summed E-state index contributed by atoms with van der Waals surface area (Å²) < 4.78 is 75.4. The Morgan fingerprint density at radius 2 is 1.66 bits per heavy atom. The summed E-state index contributed by atoms with van der Waals surface area (Å²) in [5.74, 6) is -8.97. The van der Waals surface area contributed by atoms with Crippen molar-refractivity contribution in [1.29, 1.82) is 0 Å². The molecule has 1 fully saturated rings. The molecule has 2 amide bonds. The lowest BCUT2D eigenvalue weighted by molar-refractivity contribution is -0.123. The standard InChI is InChI=1S/C19H11Cl3F6N2O2/c20-14-8(16(31)29-6-18(26,27)28)2-1-3-11(14)30-17(32)13-12(19(13,21)22)7-4-9(23)15(25)10(24)5-7/h1-5,12-13H,6H2,(H,29,31)(H,30,32). The number of hydrogen-bond donors (Lipinski definition) is 2. The minimum absolute atomic E-state index is 0.137. The molecule has 0 spiro atoms. The highest BCUT2D eigenvalue weighted by atomic mass is 35.5. The Labute approximate surface area is 191 Å². The Hall–Kier alpha value is -2.17. The number of nitrogens with one attached hydrogen (secondary N) is 2. The fraction of sp³-hybridized carbons (Fsp3) is 0.263. The molecule has 172 valence electrons. The summed E-state index contributed by atoms with van der Waals surface area (Å²) in [6, 6.07) is 4.98. The van der Waals surface area contributed by atoms with Crippen LogP contribution in [0.2, 0.25) is 5.02 Å². The first-order valence-corrected chi connectivity index (χ1v) is 9.84. The lowest BCUT2D eigenvalue weighted by Gasteiger charge is -2.12. The number of halogens is 9. The third-order valence-electron chi connectivity index (χ3n) is 4.65. The normalized spacial score (nSPS) is 19.4. The average Bonchev–Trinajstić information content (AvgIpc) is 3.27. The Bertz CT molecular complexity index is 1070. The molecule has 3 rings (SSSR count). The van der Waals surface area contributed by atoms with E-state index in [0.717, 1.165) is 6.07 Å². The number of anilines is 1. The van der Waals surface area contributed by atoms with E-state index in [1.807, 2.05) is 0 Å². The van der Waals surface area contributed by atoms with Gasteiger partial charge < -0.3 is 10.6 Å². The van der Waals surface area contributed by atoms with Gasteiger partial charge in [-0.25, -0.2) is 13.2 Å². The van der Waals surface area contributed by atoms with Gasteiger partial charge in [-0.05, 0) is 29.8 Å². The monoisotopic (exact) mass is 518 g/mol. The maximum absolute atomic E-state index is 13.5. The number of hydrogen-bond acceptors (Lipinski definition) is 2. The van der Waals surface area contributed by atoms with Gasteiger partial charge in [0, 0.05) is 5.92 Å². The first-order valence-electron chi connectivity index (χ1n) is 8.70. The van der Waals surface area contributed by atoms with E-state index in [2.05, 4.69) is 5.32 Å². The maximum Gasteiger partial charge on any atom is 0.405 e. The van der Waals surface area contributed by atoms with E-state index in [0.29, 0.717) is 12.1 Å². The largest absolute Gasteiger partial charge is 0.405 e. The highest BCUT2D eigenvalue weighted by Gasteiger charge is 2.67. The van der Waals surface area contributed by atoms with Crippen LogP contribution in [-0.2, 0) is 4.79 Å². The van der Waals surface area contributed by atoms with Gasteiger partial charge >= 0.3 is 6.18 Å². The molecule has 1 saturated carbocycles. The fourth-order valence-corrected chi connectivity index (χ4v) is 4.20. The van der Waals surface area contributed by atoms with Crippen molar-refractivity contribution in [2.24, 2.45) is 5.92 Å². The summed E-state index contributed by atoms with van der Waals surface area (Å²) in [5.41, 5.74) is -0.632. The molecular formula is C19H11Cl3F6N2O2. The molecule has 4 nitrogen and oxygen atoms in total. The van der Waals surface area contributed by atoms with Crippen molar-refractivity contribution in [3.8, 4) is 0 Å². The van der Waals surface area contributed by atoms with Crippen LogP contribution in [0, 0.1) is 23.4 Å². The van der Waals surface area contributed by atoms with Gasteiger partial charge in [-0.2, -0.15) is 13.2 Å². The fourth-order valence-electron chi connectivity index (χ4n) is 3.11. The van der Waals surface area contributed by atoms with Gasteiger partial charge in [-0.1, -0.05) is 17.7 Å². The highest BCUT2D eigenvalue weighted by molar-refractivity contribution is 6.53. The van der Waals surface area contributed by atoms with Crippen molar-refractivity contribution in [1.82, 2.24) is 5.32 Å². The van der Waals surface area contributed by atoms with Gasteiger partial charge in [0.25, 0.3) is 5.91 Å². The second kappa shape index (κ2) is 8.64. The van der Waals surface area contributed by atoms with E-state index in [-0.39, 0.29) is 21.8 Å². The first kappa shape index (κ1) is 24.5. The summed E-state index contributed by atoms with van der Waals surface area (Å²) in [5, 5.41) is 3.62. The molecule has 2 aromatic rings. The number of rotatable bonds is 5. The summed E-state index contributed by atoms with van der Waals surface area (Å²) in [6.07, 6.45) is -4.64. The average molecular weight is 520 g/mol. The van der Waals surface area contributed by atoms with E-state index < -0.39 is 58.2 Å². The van der Waals surface area contributed by atoms with E-state index in [9.17, 15) is 35.9 Å². The molecule has 13 heteroatoms. The van der Waals surface area contributed by atoms with E-state index >= 15 is 0 Å². The molecule has 0 heterocycles. The number of alkyl halides is 5.